The van der Waals surface area contributed by atoms with Crippen LogP contribution in [0.25, 0.3) is 0 Å². The second kappa shape index (κ2) is 6.09. The lowest BCUT2D eigenvalue weighted by Crippen LogP contribution is -2.47. The standard InChI is InChI=1S/C13H16ClN7/c1-15-11-12(14)16-9-17-13(11)21-7-5-20(6-8-21)10-3-2-4-18-19-10/h2-4,9,15H,5-8H2,1H3. The summed E-state index contributed by atoms with van der Waals surface area (Å²) in [5, 5.41) is 11.6. The molecule has 3 rings (SSSR count). The number of nitrogens with zero attached hydrogens (tertiary/aromatic N) is 6. The number of piperazine rings is 1. The molecule has 0 unspecified atom stereocenters. The van der Waals surface area contributed by atoms with E-state index in [1.807, 2.05) is 19.2 Å². The Balaban J connectivity index is 1.73. The molecule has 0 aromatic carbocycles. The summed E-state index contributed by atoms with van der Waals surface area (Å²) in [5.41, 5.74) is 0.770. The van der Waals surface area contributed by atoms with Gasteiger partial charge in [0.05, 0.1) is 0 Å². The molecule has 0 amide bonds. The molecule has 3 heterocycles. The maximum absolute atomic E-state index is 6.10. The predicted molar refractivity (Wildman–Crippen MR) is 83.0 cm³/mol. The Bertz CT molecular complexity index is 599. The molecule has 8 heteroatoms. The Hall–Kier alpha value is -2.15. The topological polar surface area (TPSA) is 70.1 Å². The predicted octanol–water partition coefficient (Wildman–Crippen LogP) is 1.29. The van der Waals surface area contributed by atoms with Gasteiger partial charge in [-0.2, -0.15) is 5.10 Å². The number of hydrogen-bond acceptors (Lipinski definition) is 7. The molecule has 1 fully saturated rings. The van der Waals surface area contributed by atoms with E-state index in [9.17, 15) is 0 Å². The number of nitrogens with one attached hydrogen (secondary N) is 1. The molecule has 0 atom stereocenters. The molecule has 0 aliphatic carbocycles. The zero-order chi connectivity index (χ0) is 14.7. The highest BCUT2D eigenvalue weighted by molar-refractivity contribution is 6.32. The molecule has 110 valence electrons. The van der Waals surface area contributed by atoms with Crippen LogP contribution in [0.4, 0.5) is 17.3 Å². The molecule has 21 heavy (non-hydrogen) atoms. The van der Waals surface area contributed by atoms with Crippen LogP contribution in [0, 0.1) is 0 Å². The summed E-state index contributed by atoms with van der Waals surface area (Å²) in [6.45, 7) is 3.42. The third-order valence-electron chi connectivity index (χ3n) is 3.49. The van der Waals surface area contributed by atoms with Gasteiger partial charge in [0.2, 0.25) is 0 Å². The summed E-state index contributed by atoms with van der Waals surface area (Å²) in [5.74, 6) is 1.75. The van der Waals surface area contributed by atoms with Crippen molar-refractivity contribution in [1.82, 2.24) is 20.2 Å². The zero-order valence-electron chi connectivity index (χ0n) is 11.7. The average Bonchev–Trinajstić information content (AvgIpc) is 2.55. The molecular weight excluding hydrogens is 290 g/mol. The van der Waals surface area contributed by atoms with E-state index in [4.69, 9.17) is 11.6 Å². The molecule has 7 nitrogen and oxygen atoms in total. The van der Waals surface area contributed by atoms with Gasteiger partial charge in [0, 0.05) is 39.4 Å². The Morgan fingerprint density at radius 1 is 1.14 bits per heavy atom. The van der Waals surface area contributed by atoms with Crippen LogP contribution < -0.4 is 15.1 Å². The van der Waals surface area contributed by atoms with E-state index in [0.717, 1.165) is 43.5 Å². The Kier molecular flexibility index (Phi) is 4.01. The molecule has 2 aromatic rings. The van der Waals surface area contributed by atoms with Gasteiger partial charge in [-0.3, -0.25) is 0 Å². The number of hydrogen-bond donors (Lipinski definition) is 1. The first-order valence-corrected chi connectivity index (χ1v) is 7.13. The Labute approximate surface area is 128 Å². The minimum absolute atomic E-state index is 0.443. The lowest BCUT2D eigenvalue weighted by atomic mass is 10.3. The van der Waals surface area contributed by atoms with Gasteiger partial charge in [-0.05, 0) is 12.1 Å². The van der Waals surface area contributed by atoms with E-state index in [1.165, 1.54) is 6.33 Å². The van der Waals surface area contributed by atoms with Crippen molar-refractivity contribution in [3.8, 4) is 0 Å². The maximum atomic E-state index is 6.10. The third-order valence-corrected chi connectivity index (χ3v) is 3.78. The van der Waals surface area contributed by atoms with Crippen LogP contribution in [0.1, 0.15) is 0 Å². The van der Waals surface area contributed by atoms with Crippen LogP contribution in [0.2, 0.25) is 5.15 Å². The third kappa shape index (κ3) is 2.82. The minimum atomic E-state index is 0.443. The van der Waals surface area contributed by atoms with E-state index >= 15 is 0 Å². The summed E-state index contributed by atoms with van der Waals surface area (Å²) >= 11 is 6.10. The average molecular weight is 306 g/mol. The zero-order valence-corrected chi connectivity index (χ0v) is 12.5. The van der Waals surface area contributed by atoms with Gasteiger partial charge in [-0.15, -0.1) is 5.10 Å². The molecule has 0 bridgehead atoms. The molecule has 1 saturated heterocycles. The van der Waals surface area contributed by atoms with Gasteiger partial charge >= 0.3 is 0 Å². The quantitative estimate of drug-likeness (QED) is 0.857. The summed E-state index contributed by atoms with van der Waals surface area (Å²) in [7, 11) is 1.82. The largest absolute Gasteiger partial charge is 0.383 e. The lowest BCUT2D eigenvalue weighted by Gasteiger charge is -2.36. The Morgan fingerprint density at radius 2 is 1.90 bits per heavy atom. The number of halogens is 1. The molecule has 1 aliphatic rings. The van der Waals surface area contributed by atoms with Gasteiger partial charge in [0.1, 0.15) is 12.0 Å². The van der Waals surface area contributed by atoms with Crippen molar-refractivity contribution in [2.75, 3.05) is 48.3 Å². The molecule has 0 radical (unpaired) electrons. The van der Waals surface area contributed by atoms with Crippen molar-refractivity contribution in [1.29, 1.82) is 0 Å². The molecule has 1 N–H and O–H groups in total. The van der Waals surface area contributed by atoms with E-state index < -0.39 is 0 Å². The fourth-order valence-corrected chi connectivity index (χ4v) is 2.64. The lowest BCUT2D eigenvalue weighted by molar-refractivity contribution is 0.638. The molecule has 0 spiro atoms. The fourth-order valence-electron chi connectivity index (χ4n) is 2.42. The first-order chi connectivity index (χ1) is 10.3. The summed E-state index contributed by atoms with van der Waals surface area (Å²) < 4.78 is 0. The van der Waals surface area contributed by atoms with Crippen molar-refractivity contribution in [2.45, 2.75) is 0 Å². The first kappa shape index (κ1) is 13.8. The Morgan fingerprint density at radius 3 is 2.57 bits per heavy atom. The van der Waals surface area contributed by atoms with Gasteiger partial charge < -0.3 is 15.1 Å². The van der Waals surface area contributed by atoms with Crippen molar-refractivity contribution in [2.24, 2.45) is 0 Å². The van der Waals surface area contributed by atoms with Gasteiger partial charge in [-0.1, -0.05) is 11.6 Å². The second-order valence-electron chi connectivity index (χ2n) is 4.67. The van der Waals surface area contributed by atoms with Crippen molar-refractivity contribution >= 4 is 28.9 Å². The van der Waals surface area contributed by atoms with Crippen LogP contribution in [0.15, 0.2) is 24.7 Å². The smallest absolute Gasteiger partial charge is 0.157 e. The van der Waals surface area contributed by atoms with Gasteiger partial charge in [0.15, 0.2) is 16.8 Å². The van der Waals surface area contributed by atoms with Crippen molar-refractivity contribution in [3.63, 3.8) is 0 Å². The highest BCUT2D eigenvalue weighted by atomic mass is 35.5. The minimum Gasteiger partial charge on any atom is -0.383 e. The maximum Gasteiger partial charge on any atom is 0.157 e. The van der Waals surface area contributed by atoms with Crippen molar-refractivity contribution in [3.05, 3.63) is 29.8 Å². The molecule has 2 aromatic heterocycles. The van der Waals surface area contributed by atoms with Crippen LogP contribution in [-0.2, 0) is 0 Å². The van der Waals surface area contributed by atoms with E-state index in [0.29, 0.717) is 5.15 Å². The fraction of sp³-hybridized carbons (Fsp3) is 0.385. The van der Waals surface area contributed by atoms with Crippen molar-refractivity contribution < 1.29 is 0 Å². The van der Waals surface area contributed by atoms with Crippen LogP contribution >= 0.6 is 11.6 Å². The summed E-state index contributed by atoms with van der Waals surface area (Å²) in [4.78, 5) is 12.8. The van der Waals surface area contributed by atoms with Crippen LogP contribution in [0.3, 0.4) is 0 Å². The number of rotatable bonds is 3. The first-order valence-electron chi connectivity index (χ1n) is 6.75. The highest BCUT2D eigenvalue weighted by Gasteiger charge is 2.22. The van der Waals surface area contributed by atoms with Gasteiger partial charge in [0.25, 0.3) is 0 Å². The molecule has 0 saturated carbocycles. The van der Waals surface area contributed by atoms with E-state index in [2.05, 4.69) is 35.3 Å². The van der Waals surface area contributed by atoms with Crippen LogP contribution in [0.5, 0.6) is 0 Å². The SMILES string of the molecule is CNc1c(Cl)ncnc1N1CCN(c2cccnn2)CC1. The normalized spacial score (nSPS) is 15.1. The summed E-state index contributed by atoms with van der Waals surface area (Å²) in [6, 6.07) is 3.88. The van der Waals surface area contributed by atoms with Gasteiger partial charge in [-0.25, -0.2) is 9.97 Å². The number of aromatic nitrogens is 4. The second-order valence-corrected chi connectivity index (χ2v) is 5.03. The van der Waals surface area contributed by atoms with E-state index in [-0.39, 0.29) is 0 Å². The molecule has 1 aliphatic heterocycles. The van der Waals surface area contributed by atoms with E-state index in [1.54, 1.807) is 6.20 Å². The molecular formula is C13H16ClN7. The number of anilines is 3. The van der Waals surface area contributed by atoms with Crippen LogP contribution in [-0.4, -0.2) is 53.4 Å². The summed E-state index contributed by atoms with van der Waals surface area (Å²) in [6.07, 6.45) is 3.18. The highest BCUT2D eigenvalue weighted by Crippen LogP contribution is 2.29. The monoisotopic (exact) mass is 305 g/mol.